The van der Waals surface area contributed by atoms with Crippen LogP contribution in [-0.4, -0.2) is 38.1 Å². The van der Waals surface area contributed by atoms with E-state index in [0.29, 0.717) is 19.6 Å². The molecule has 0 aliphatic rings. The number of amides is 1. The quantitative estimate of drug-likeness (QED) is 0.653. The highest BCUT2D eigenvalue weighted by molar-refractivity contribution is 6.08. The number of rotatable bonds is 6. The van der Waals surface area contributed by atoms with Gasteiger partial charge in [-0.25, -0.2) is 0 Å². The van der Waals surface area contributed by atoms with Gasteiger partial charge in [0.15, 0.2) is 0 Å². The van der Waals surface area contributed by atoms with Crippen LogP contribution in [0.15, 0.2) is 47.1 Å². The van der Waals surface area contributed by atoms with Crippen molar-refractivity contribution in [2.24, 2.45) is 0 Å². The van der Waals surface area contributed by atoms with E-state index >= 15 is 0 Å². The highest BCUT2D eigenvalue weighted by atomic mass is 16.5. The normalized spacial score (nSPS) is 11.2. The van der Waals surface area contributed by atoms with E-state index in [1.165, 1.54) is 0 Å². The minimum Gasteiger partial charge on any atom is -0.464 e. The van der Waals surface area contributed by atoms with Crippen LogP contribution in [-0.2, 0) is 16.0 Å². The predicted molar refractivity (Wildman–Crippen MR) is 91.6 cm³/mol. The van der Waals surface area contributed by atoms with Gasteiger partial charge in [0, 0.05) is 38.3 Å². The Hall–Kier alpha value is -2.33. The van der Waals surface area contributed by atoms with Crippen molar-refractivity contribution >= 4 is 27.6 Å². The highest BCUT2D eigenvalue weighted by Gasteiger charge is 2.15. The molecule has 0 saturated heterocycles. The molecule has 4 heteroatoms. The molecular weight excluding hydrogens is 290 g/mol. The molecule has 0 aliphatic heterocycles. The average Bonchev–Trinajstić information content (AvgIpc) is 2.98. The molecule has 0 unspecified atom stereocenters. The van der Waals surface area contributed by atoms with Crippen LogP contribution in [0.2, 0.25) is 0 Å². The second-order valence-electron chi connectivity index (χ2n) is 5.76. The van der Waals surface area contributed by atoms with Crippen LogP contribution in [0.1, 0.15) is 12.0 Å². The first-order chi connectivity index (χ1) is 11.2. The number of benzene rings is 2. The minimum absolute atomic E-state index is 0.0942. The van der Waals surface area contributed by atoms with Crippen LogP contribution < -0.4 is 0 Å². The van der Waals surface area contributed by atoms with Gasteiger partial charge < -0.3 is 14.1 Å². The van der Waals surface area contributed by atoms with Gasteiger partial charge in [0.25, 0.3) is 0 Å². The topological polar surface area (TPSA) is 42.7 Å². The SMILES string of the molecule is COCCCN(C)C(=O)Cc1coc2ccc3ccccc3c12. The molecule has 0 aliphatic carbocycles. The molecule has 3 rings (SSSR count). The molecule has 0 fully saturated rings. The summed E-state index contributed by atoms with van der Waals surface area (Å²) in [4.78, 5) is 14.2. The number of carbonyl (C=O) groups is 1. The lowest BCUT2D eigenvalue weighted by atomic mass is 10.0. The fourth-order valence-electron chi connectivity index (χ4n) is 2.87. The van der Waals surface area contributed by atoms with E-state index in [9.17, 15) is 4.79 Å². The predicted octanol–water partition coefficient (Wildman–Crippen LogP) is 3.62. The van der Waals surface area contributed by atoms with Crippen molar-refractivity contribution in [3.8, 4) is 0 Å². The summed E-state index contributed by atoms with van der Waals surface area (Å²) in [5, 5.41) is 3.33. The minimum atomic E-state index is 0.0942. The number of likely N-dealkylation sites (N-methyl/N-ethyl adjacent to an activating group) is 1. The second-order valence-corrected chi connectivity index (χ2v) is 5.76. The molecular formula is C19H21NO3. The molecule has 2 aromatic carbocycles. The van der Waals surface area contributed by atoms with Crippen LogP contribution in [0.4, 0.5) is 0 Å². The van der Waals surface area contributed by atoms with E-state index in [-0.39, 0.29) is 5.91 Å². The third-order valence-corrected chi connectivity index (χ3v) is 4.15. The Kier molecular flexibility index (Phi) is 4.63. The van der Waals surface area contributed by atoms with Crippen molar-refractivity contribution < 1.29 is 13.9 Å². The monoisotopic (exact) mass is 311 g/mol. The number of hydrogen-bond donors (Lipinski definition) is 0. The third kappa shape index (κ3) is 3.22. The Morgan fingerprint density at radius 1 is 1.22 bits per heavy atom. The smallest absolute Gasteiger partial charge is 0.226 e. The molecule has 0 radical (unpaired) electrons. The molecule has 0 bridgehead atoms. The average molecular weight is 311 g/mol. The van der Waals surface area contributed by atoms with E-state index in [2.05, 4.69) is 12.1 Å². The molecule has 1 aromatic heterocycles. The maximum atomic E-state index is 12.4. The fourth-order valence-corrected chi connectivity index (χ4v) is 2.87. The van der Waals surface area contributed by atoms with Gasteiger partial charge in [-0.1, -0.05) is 30.3 Å². The van der Waals surface area contributed by atoms with Crippen molar-refractivity contribution in [3.63, 3.8) is 0 Å². The Balaban J connectivity index is 1.86. The van der Waals surface area contributed by atoms with E-state index in [4.69, 9.17) is 9.15 Å². The molecule has 23 heavy (non-hydrogen) atoms. The largest absolute Gasteiger partial charge is 0.464 e. The second kappa shape index (κ2) is 6.84. The maximum Gasteiger partial charge on any atom is 0.226 e. The molecule has 0 spiro atoms. The van der Waals surface area contributed by atoms with Crippen molar-refractivity contribution in [1.82, 2.24) is 4.90 Å². The van der Waals surface area contributed by atoms with E-state index in [1.807, 2.05) is 31.3 Å². The summed E-state index contributed by atoms with van der Waals surface area (Å²) in [6.07, 6.45) is 2.90. The van der Waals surface area contributed by atoms with Crippen molar-refractivity contribution in [2.45, 2.75) is 12.8 Å². The van der Waals surface area contributed by atoms with Gasteiger partial charge in [0.05, 0.1) is 12.7 Å². The first kappa shape index (κ1) is 15.6. The first-order valence-electron chi connectivity index (χ1n) is 7.81. The van der Waals surface area contributed by atoms with Crippen molar-refractivity contribution in [2.75, 3.05) is 27.3 Å². The van der Waals surface area contributed by atoms with E-state index in [1.54, 1.807) is 18.3 Å². The molecule has 0 saturated carbocycles. The Labute approximate surface area is 135 Å². The number of nitrogens with zero attached hydrogens (tertiary/aromatic N) is 1. The molecule has 0 atom stereocenters. The zero-order valence-electron chi connectivity index (χ0n) is 13.5. The zero-order valence-corrected chi connectivity index (χ0v) is 13.5. The van der Waals surface area contributed by atoms with Crippen LogP contribution >= 0.6 is 0 Å². The van der Waals surface area contributed by atoms with Crippen molar-refractivity contribution in [3.05, 3.63) is 48.2 Å². The lowest BCUT2D eigenvalue weighted by molar-refractivity contribution is -0.129. The van der Waals surface area contributed by atoms with Crippen LogP contribution in [0.25, 0.3) is 21.7 Å². The summed E-state index contributed by atoms with van der Waals surface area (Å²) < 4.78 is 10.7. The fraction of sp³-hybridized carbons (Fsp3) is 0.316. The molecule has 120 valence electrons. The van der Waals surface area contributed by atoms with Crippen LogP contribution in [0.3, 0.4) is 0 Å². The number of furan rings is 1. The van der Waals surface area contributed by atoms with Crippen LogP contribution in [0.5, 0.6) is 0 Å². The van der Waals surface area contributed by atoms with Crippen molar-refractivity contribution in [1.29, 1.82) is 0 Å². The van der Waals surface area contributed by atoms with Crippen LogP contribution in [0, 0.1) is 0 Å². The number of ether oxygens (including phenoxy) is 1. The Morgan fingerprint density at radius 2 is 2.04 bits per heavy atom. The summed E-state index contributed by atoms with van der Waals surface area (Å²) in [7, 11) is 3.50. The van der Waals surface area contributed by atoms with E-state index in [0.717, 1.165) is 33.7 Å². The van der Waals surface area contributed by atoms with E-state index < -0.39 is 0 Å². The van der Waals surface area contributed by atoms with Gasteiger partial charge >= 0.3 is 0 Å². The highest BCUT2D eigenvalue weighted by Crippen LogP contribution is 2.30. The summed E-state index contributed by atoms with van der Waals surface area (Å²) in [6, 6.07) is 12.2. The number of hydrogen-bond acceptors (Lipinski definition) is 3. The first-order valence-corrected chi connectivity index (χ1v) is 7.81. The number of fused-ring (bicyclic) bond motifs is 3. The molecule has 1 heterocycles. The third-order valence-electron chi connectivity index (χ3n) is 4.15. The van der Waals surface area contributed by atoms with Gasteiger partial charge in [0.2, 0.25) is 5.91 Å². The van der Waals surface area contributed by atoms with Gasteiger partial charge in [-0.3, -0.25) is 4.79 Å². The summed E-state index contributed by atoms with van der Waals surface area (Å²) in [5.74, 6) is 0.0942. The number of methoxy groups -OCH3 is 1. The molecule has 0 N–H and O–H groups in total. The molecule has 1 amide bonds. The lowest BCUT2D eigenvalue weighted by Crippen LogP contribution is -2.29. The molecule has 3 aromatic rings. The zero-order chi connectivity index (χ0) is 16.2. The Bertz CT molecular complexity index is 822. The van der Waals surface area contributed by atoms with Gasteiger partial charge in [-0.15, -0.1) is 0 Å². The summed E-state index contributed by atoms with van der Waals surface area (Å²) in [5.41, 5.74) is 1.77. The maximum absolute atomic E-state index is 12.4. The summed E-state index contributed by atoms with van der Waals surface area (Å²) >= 11 is 0. The number of carbonyl (C=O) groups excluding carboxylic acids is 1. The lowest BCUT2D eigenvalue weighted by Gasteiger charge is -2.16. The molecule has 4 nitrogen and oxygen atoms in total. The standard InChI is InChI=1S/C19H21NO3/c1-20(10-5-11-22-2)18(21)12-15-13-23-17-9-8-14-6-3-4-7-16(14)19(15)17/h3-4,6-9,13H,5,10-12H2,1-2H3. The Morgan fingerprint density at radius 3 is 2.87 bits per heavy atom. The van der Waals surface area contributed by atoms with Gasteiger partial charge in [-0.05, 0) is 23.3 Å². The van der Waals surface area contributed by atoms with Gasteiger partial charge in [0.1, 0.15) is 5.58 Å². The van der Waals surface area contributed by atoms with Gasteiger partial charge in [-0.2, -0.15) is 0 Å². The summed E-state index contributed by atoms with van der Waals surface area (Å²) in [6.45, 7) is 1.36.